The predicted molar refractivity (Wildman–Crippen MR) is 197 cm³/mol. The summed E-state index contributed by atoms with van der Waals surface area (Å²) in [5.41, 5.74) is 12.8. The van der Waals surface area contributed by atoms with Crippen LogP contribution in [0.5, 0.6) is 0 Å². The monoisotopic (exact) mass is 603 g/mol. The molecule has 9 rings (SSSR count). The zero-order valence-corrected chi connectivity index (χ0v) is 26.4. The van der Waals surface area contributed by atoms with E-state index >= 15 is 0 Å². The molecule has 0 bridgehead atoms. The van der Waals surface area contributed by atoms with E-state index in [1.54, 1.807) is 0 Å². The molecule has 0 fully saturated rings. The largest absolute Gasteiger partial charge is 0.456 e. The first-order chi connectivity index (χ1) is 23.1. The molecule has 47 heavy (non-hydrogen) atoms. The predicted octanol–water partition coefficient (Wildman–Crippen LogP) is 12.7. The van der Waals surface area contributed by atoms with E-state index in [0.29, 0.717) is 0 Å². The number of benzene rings is 7. The second-order valence-electron chi connectivity index (χ2n) is 12.9. The normalized spacial score (nSPS) is 13.1. The van der Waals surface area contributed by atoms with Crippen molar-refractivity contribution >= 4 is 38.8 Å². The highest BCUT2D eigenvalue weighted by Crippen LogP contribution is 2.55. The lowest BCUT2D eigenvalue weighted by Crippen LogP contribution is -2.14. The molecule has 0 amide bonds. The Hall–Kier alpha value is -5.86. The smallest absolute Gasteiger partial charge is 0.140 e. The van der Waals surface area contributed by atoms with Gasteiger partial charge in [-0.05, 0) is 69.6 Å². The molecule has 1 aliphatic carbocycles. The van der Waals surface area contributed by atoms with Crippen LogP contribution >= 0.6 is 0 Å². The quantitative estimate of drug-likeness (QED) is 0.195. The summed E-state index contributed by atoms with van der Waals surface area (Å²) in [6.45, 7) is 4.63. The fourth-order valence-electron chi connectivity index (χ4n) is 7.59. The van der Waals surface area contributed by atoms with Gasteiger partial charge in [-0.3, -0.25) is 0 Å². The highest BCUT2D eigenvalue weighted by molar-refractivity contribution is 6.01. The summed E-state index contributed by atoms with van der Waals surface area (Å²) in [5.74, 6) is 1.00. The van der Waals surface area contributed by atoms with E-state index in [9.17, 15) is 0 Å². The Morgan fingerprint density at radius 2 is 1.09 bits per heavy atom. The molecule has 224 valence electrons. The first kappa shape index (κ1) is 27.5. The molecule has 0 saturated heterocycles. The van der Waals surface area contributed by atoms with Crippen molar-refractivity contribution in [3.8, 4) is 33.6 Å². The molecule has 0 atom stereocenters. The van der Waals surface area contributed by atoms with Crippen LogP contribution in [-0.4, -0.2) is 0 Å². The number of furan rings is 1. The topological polar surface area (TPSA) is 16.4 Å². The van der Waals surface area contributed by atoms with Crippen LogP contribution in [0.1, 0.15) is 25.0 Å². The van der Waals surface area contributed by atoms with Crippen LogP contribution in [0, 0.1) is 0 Å². The lowest BCUT2D eigenvalue weighted by atomic mass is 9.81. The van der Waals surface area contributed by atoms with Crippen molar-refractivity contribution in [2.24, 2.45) is 0 Å². The van der Waals surface area contributed by atoms with Crippen molar-refractivity contribution in [1.29, 1.82) is 0 Å². The van der Waals surface area contributed by atoms with Crippen molar-refractivity contribution in [2.75, 3.05) is 4.90 Å². The Morgan fingerprint density at radius 1 is 0.489 bits per heavy atom. The van der Waals surface area contributed by atoms with Gasteiger partial charge in [0.1, 0.15) is 11.3 Å². The van der Waals surface area contributed by atoms with Gasteiger partial charge in [0.25, 0.3) is 0 Å². The Kier molecular flexibility index (Phi) is 6.20. The maximum atomic E-state index is 6.59. The molecule has 0 N–H and O–H groups in total. The molecule has 7 aromatic carbocycles. The highest BCUT2D eigenvalue weighted by atomic mass is 16.3. The van der Waals surface area contributed by atoms with Crippen molar-refractivity contribution in [3.05, 3.63) is 175 Å². The van der Waals surface area contributed by atoms with Gasteiger partial charge < -0.3 is 9.32 Å². The number of hydrogen-bond donors (Lipinski definition) is 0. The standard InChI is InChI=1S/C45H33NO/c1-45(2)39-19-11-18-37(42(39)44-43(45)38-17-8-9-21-41(38)47-44)33-24-28-35(29-25-33)46(40-20-10-15-32-14-6-7-16-36(32)40)34-26-22-31(23-27-34)30-12-4-3-5-13-30/h3-29H,1-2H3. The molecule has 1 aliphatic rings. The first-order valence-electron chi connectivity index (χ1n) is 16.3. The van der Waals surface area contributed by atoms with E-state index in [-0.39, 0.29) is 5.41 Å². The molecule has 2 heteroatoms. The molecule has 2 nitrogen and oxygen atoms in total. The van der Waals surface area contributed by atoms with Gasteiger partial charge in [0.2, 0.25) is 0 Å². The molecular weight excluding hydrogens is 571 g/mol. The lowest BCUT2D eigenvalue weighted by molar-refractivity contribution is 0.619. The number of anilines is 3. The van der Waals surface area contributed by atoms with E-state index < -0.39 is 0 Å². The van der Waals surface area contributed by atoms with Gasteiger partial charge in [-0.15, -0.1) is 0 Å². The highest BCUT2D eigenvalue weighted by Gasteiger charge is 2.41. The van der Waals surface area contributed by atoms with Gasteiger partial charge in [0.15, 0.2) is 0 Å². The number of nitrogens with zero attached hydrogens (tertiary/aromatic N) is 1. The fourth-order valence-corrected chi connectivity index (χ4v) is 7.59. The van der Waals surface area contributed by atoms with Crippen molar-refractivity contribution in [3.63, 3.8) is 0 Å². The molecule has 0 unspecified atom stereocenters. The zero-order chi connectivity index (χ0) is 31.5. The molecule has 0 spiro atoms. The van der Waals surface area contributed by atoms with E-state index in [1.165, 1.54) is 55.1 Å². The SMILES string of the molecule is CC1(C)c2cccc(-c3ccc(N(c4ccc(-c5ccccc5)cc4)c4cccc5ccccc45)cc3)c2-c2oc3ccccc3c21. The number of fused-ring (bicyclic) bond motifs is 6. The van der Waals surface area contributed by atoms with Crippen LogP contribution in [0.15, 0.2) is 168 Å². The van der Waals surface area contributed by atoms with E-state index in [4.69, 9.17) is 4.42 Å². The summed E-state index contributed by atoms with van der Waals surface area (Å²) in [5, 5.41) is 3.64. The maximum absolute atomic E-state index is 6.59. The Labute approximate surface area is 275 Å². The van der Waals surface area contributed by atoms with Crippen LogP contribution in [0.2, 0.25) is 0 Å². The minimum atomic E-state index is -0.149. The number of para-hydroxylation sites is 1. The van der Waals surface area contributed by atoms with Crippen LogP contribution in [-0.2, 0) is 5.41 Å². The summed E-state index contributed by atoms with van der Waals surface area (Å²) >= 11 is 0. The first-order valence-corrected chi connectivity index (χ1v) is 16.3. The van der Waals surface area contributed by atoms with Crippen molar-refractivity contribution in [2.45, 2.75) is 19.3 Å². The second-order valence-corrected chi connectivity index (χ2v) is 12.9. The summed E-state index contributed by atoms with van der Waals surface area (Å²) in [6.07, 6.45) is 0. The molecule has 0 radical (unpaired) electrons. The van der Waals surface area contributed by atoms with Crippen molar-refractivity contribution < 1.29 is 4.42 Å². The van der Waals surface area contributed by atoms with Gasteiger partial charge >= 0.3 is 0 Å². The summed E-state index contributed by atoms with van der Waals surface area (Å²) in [6, 6.07) is 58.8. The van der Waals surface area contributed by atoms with Gasteiger partial charge in [0, 0.05) is 38.7 Å². The third kappa shape index (κ3) is 4.33. The molecule has 0 aliphatic heterocycles. The molecule has 1 heterocycles. The average Bonchev–Trinajstić information content (AvgIpc) is 3.63. The van der Waals surface area contributed by atoms with E-state index in [1.807, 2.05) is 0 Å². The minimum Gasteiger partial charge on any atom is -0.456 e. The number of rotatable bonds is 5. The minimum absolute atomic E-state index is 0.149. The Bertz CT molecular complexity index is 2410. The van der Waals surface area contributed by atoms with Gasteiger partial charge in [-0.1, -0.05) is 141 Å². The molecule has 1 aromatic heterocycles. The zero-order valence-electron chi connectivity index (χ0n) is 26.4. The van der Waals surface area contributed by atoms with Crippen molar-refractivity contribution in [1.82, 2.24) is 0 Å². The maximum Gasteiger partial charge on any atom is 0.140 e. The molecular formula is C45H33NO. The lowest BCUT2D eigenvalue weighted by Gasteiger charge is -2.27. The van der Waals surface area contributed by atoms with Crippen LogP contribution in [0.25, 0.3) is 55.3 Å². The third-order valence-electron chi connectivity index (χ3n) is 9.86. The third-order valence-corrected chi connectivity index (χ3v) is 9.86. The molecule has 0 saturated carbocycles. The summed E-state index contributed by atoms with van der Waals surface area (Å²) in [4.78, 5) is 2.37. The summed E-state index contributed by atoms with van der Waals surface area (Å²) in [7, 11) is 0. The Morgan fingerprint density at radius 3 is 1.85 bits per heavy atom. The number of hydrogen-bond acceptors (Lipinski definition) is 2. The van der Waals surface area contributed by atoms with Gasteiger partial charge in [-0.2, -0.15) is 0 Å². The van der Waals surface area contributed by atoms with Crippen LogP contribution < -0.4 is 4.90 Å². The van der Waals surface area contributed by atoms with Crippen LogP contribution in [0.3, 0.4) is 0 Å². The Balaban J connectivity index is 1.17. The summed E-state index contributed by atoms with van der Waals surface area (Å²) < 4.78 is 6.59. The van der Waals surface area contributed by atoms with E-state index in [0.717, 1.165) is 28.4 Å². The van der Waals surface area contributed by atoms with Gasteiger partial charge in [-0.25, -0.2) is 0 Å². The van der Waals surface area contributed by atoms with Gasteiger partial charge in [0.05, 0.1) is 5.69 Å². The van der Waals surface area contributed by atoms with E-state index in [2.05, 4.69) is 183 Å². The van der Waals surface area contributed by atoms with Crippen LogP contribution in [0.4, 0.5) is 17.1 Å². The average molecular weight is 604 g/mol. The fraction of sp³-hybridized carbons (Fsp3) is 0.0667. The second kappa shape index (κ2) is 10.6. The molecule has 8 aromatic rings.